The zero-order valence-electron chi connectivity index (χ0n) is 15.8. The lowest BCUT2D eigenvalue weighted by Crippen LogP contribution is -2.41. The van der Waals surface area contributed by atoms with E-state index in [0.29, 0.717) is 5.89 Å². The Hall–Kier alpha value is -1.89. The molecule has 6 heteroatoms. The number of halogens is 1. The Labute approximate surface area is 168 Å². The second-order valence-corrected chi connectivity index (χ2v) is 8.66. The van der Waals surface area contributed by atoms with Gasteiger partial charge in [-0.15, -0.1) is 0 Å². The summed E-state index contributed by atoms with van der Waals surface area (Å²) in [6.45, 7) is 8.21. The van der Waals surface area contributed by atoms with Gasteiger partial charge in [0, 0.05) is 15.6 Å². The molecule has 0 unspecified atom stereocenters. The second kappa shape index (κ2) is 6.62. The Morgan fingerprint density at radius 1 is 0.815 bits per heavy atom. The molecule has 0 spiro atoms. The highest BCUT2D eigenvalue weighted by molar-refractivity contribution is 9.10. The van der Waals surface area contributed by atoms with Crippen molar-refractivity contribution < 1.29 is 13.7 Å². The van der Waals surface area contributed by atoms with Crippen molar-refractivity contribution in [3.05, 3.63) is 59.2 Å². The van der Waals surface area contributed by atoms with Crippen LogP contribution in [-0.4, -0.2) is 23.3 Å². The Kier molecular flexibility index (Phi) is 4.53. The highest BCUT2D eigenvalue weighted by atomic mass is 79.9. The lowest BCUT2D eigenvalue weighted by atomic mass is 9.79. The zero-order valence-corrected chi connectivity index (χ0v) is 17.4. The molecule has 1 aliphatic heterocycles. The molecule has 2 aromatic carbocycles. The van der Waals surface area contributed by atoms with Gasteiger partial charge in [0.25, 0.3) is 0 Å². The van der Waals surface area contributed by atoms with Crippen molar-refractivity contribution in [1.29, 1.82) is 0 Å². The van der Waals surface area contributed by atoms with E-state index in [0.717, 1.165) is 26.8 Å². The van der Waals surface area contributed by atoms with Crippen LogP contribution in [0.15, 0.2) is 63.6 Å². The molecule has 27 heavy (non-hydrogen) atoms. The van der Waals surface area contributed by atoms with Crippen molar-refractivity contribution in [2.24, 2.45) is 0 Å². The molecule has 1 fully saturated rings. The molecule has 0 amide bonds. The second-order valence-electron chi connectivity index (χ2n) is 7.75. The van der Waals surface area contributed by atoms with Crippen molar-refractivity contribution in [3.8, 4) is 22.8 Å². The van der Waals surface area contributed by atoms with Crippen molar-refractivity contribution in [1.82, 2.24) is 4.98 Å². The first-order valence-electron chi connectivity index (χ1n) is 8.93. The van der Waals surface area contributed by atoms with Gasteiger partial charge in [0.05, 0.1) is 17.4 Å². The number of nitrogens with zero attached hydrogens (tertiary/aromatic N) is 1. The Balaban J connectivity index is 1.54. The predicted octanol–water partition coefficient (Wildman–Crippen LogP) is 5.07. The van der Waals surface area contributed by atoms with Crippen molar-refractivity contribution in [3.63, 3.8) is 0 Å². The molecular formula is C21H21BBrNO3. The number of hydrogen-bond acceptors (Lipinski definition) is 4. The summed E-state index contributed by atoms with van der Waals surface area (Å²) >= 11 is 3.44. The molecule has 0 aliphatic carbocycles. The van der Waals surface area contributed by atoms with E-state index in [-0.39, 0.29) is 18.3 Å². The van der Waals surface area contributed by atoms with Gasteiger partial charge in [-0.05, 0) is 57.4 Å². The van der Waals surface area contributed by atoms with E-state index >= 15 is 0 Å². The normalized spacial score (nSPS) is 18.0. The zero-order chi connectivity index (χ0) is 19.2. The molecule has 138 valence electrons. The summed E-state index contributed by atoms with van der Waals surface area (Å²) in [7, 11) is -0.369. The van der Waals surface area contributed by atoms with Gasteiger partial charge in [0.2, 0.25) is 5.89 Å². The van der Waals surface area contributed by atoms with Crippen LogP contribution >= 0.6 is 15.9 Å². The smallest absolute Gasteiger partial charge is 0.436 e. The third kappa shape index (κ3) is 3.49. The maximum absolute atomic E-state index is 6.10. The average Bonchev–Trinajstić information content (AvgIpc) is 3.19. The molecule has 1 saturated heterocycles. The van der Waals surface area contributed by atoms with Gasteiger partial charge in [-0.2, -0.15) is 0 Å². The molecule has 3 aromatic rings. The molecule has 2 heterocycles. The summed E-state index contributed by atoms with van der Waals surface area (Å²) in [5, 5.41) is 0. The van der Waals surface area contributed by atoms with Crippen LogP contribution in [0.2, 0.25) is 0 Å². The largest absolute Gasteiger partial charge is 0.494 e. The fraction of sp³-hybridized carbons (Fsp3) is 0.286. The molecule has 0 bridgehead atoms. The standard InChI is InChI=1S/C21H21BBrNO3/c1-20(2)21(3,4)27-22(26-20)16-9-5-15(6-10-16)19-24-13-18(25-19)14-7-11-17(23)12-8-14/h5-13H,1-4H3. The van der Waals surface area contributed by atoms with Crippen molar-refractivity contribution >= 4 is 28.5 Å². The fourth-order valence-corrected chi connectivity index (χ4v) is 3.18. The maximum Gasteiger partial charge on any atom is 0.494 e. The molecule has 0 N–H and O–H groups in total. The fourth-order valence-electron chi connectivity index (χ4n) is 2.92. The number of benzene rings is 2. The Morgan fingerprint density at radius 2 is 1.37 bits per heavy atom. The number of aromatic nitrogens is 1. The van der Waals surface area contributed by atoms with E-state index in [4.69, 9.17) is 13.7 Å². The minimum absolute atomic E-state index is 0.349. The van der Waals surface area contributed by atoms with Crippen LogP contribution < -0.4 is 5.46 Å². The Bertz CT molecular complexity index is 932. The summed E-state index contributed by atoms with van der Waals surface area (Å²) in [4.78, 5) is 4.42. The van der Waals surface area contributed by atoms with E-state index in [9.17, 15) is 0 Å². The number of hydrogen-bond donors (Lipinski definition) is 0. The molecule has 4 rings (SSSR count). The van der Waals surface area contributed by atoms with Gasteiger partial charge in [-0.3, -0.25) is 0 Å². The summed E-state index contributed by atoms with van der Waals surface area (Å²) in [6.07, 6.45) is 1.75. The van der Waals surface area contributed by atoms with Gasteiger partial charge in [0.1, 0.15) is 0 Å². The highest BCUT2D eigenvalue weighted by Crippen LogP contribution is 2.36. The molecule has 4 nitrogen and oxygen atoms in total. The van der Waals surface area contributed by atoms with Gasteiger partial charge >= 0.3 is 7.12 Å². The minimum atomic E-state index is -0.369. The van der Waals surface area contributed by atoms with Crippen LogP contribution in [0.4, 0.5) is 0 Å². The van der Waals surface area contributed by atoms with Crippen LogP contribution in [0.3, 0.4) is 0 Å². The van der Waals surface area contributed by atoms with Crippen LogP contribution in [0.25, 0.3) is 22.8 Å². The van der Waals surface area contributed by atoms with Crippen LogP contribution in [-0.2, 0) is 9.31 Å². The van der Waals surface area contributed by atoms with E-state index < -0.39 is 0 Å². The number of oxazole rings is 1. The van der Waals surface area contributed by atoms with Gasteiger partial charge in [-0.1, -0.05) is 40.2 Å². The van der Waals surface area contributed by atoms with Crippen molar-refractivity contribution in [2.45, 2.75) is 38.9 Å². The summed E-state index contributed by atoms with van der Waals surface area (Å²) < 4.78 is 19.2. The molecular weight excluding hydrogens is 405 g/mol. The lowest BCUT2D eigenvalue weighted by Gasteiger charge is -2.32. The molecule has 0 radical (unpaired) electrons. The molecule has 0 atom stereocenters. The van der Waals surface area contributed by atoms with E-state index in [1.54, 1.807) is 6.20 Å². The third-order valence-corrected chi connectivity index (χ3v) is 5.85. The van der Waals surface area contributed by atoms with E-state index in [1.807, 2.05) is 48.5 Å². The average molecular weight is 426 g/mol. The monoisotopic (exact) mass is 425 g/mol. The van der Waals surface area contributed by atoms with Gasteiger partial charge in [0.15, 0.2) is 5.76 Å². The minimum Gasteiger partial charge on any atom is -0.436 e. The van der Waals surface area contributed by atoms with Gasteiger partial charge < -0.3 is 13.7 Å². The van der Waals surface area contributed by atoms with Crippen LogP contribution in [0, 0.1) is 0 Å². The maximum atomic E-state index is 6.10. The Morgan fingerprint density at radius 3 is 1.96 bits per heavy atom. The van der Waals surface area contributed by atoms with Crippen LogP contribution in [0.5, 0.6) is 0 Å². The first-order valence-corrected chi connectivity index (χ1v) is 9.72. The summed E-state index contributed by atoms with van der Waals surface area (Å²) in [5.74, 6) is 1.33. The van der Waals surface area contributed by atoms with Crippen LogP contribution in [0.1, 0.15) is 27.7 Å². The SMILES string of the molecule is CC1(C)OB(c2ccc(-c3ncc(-c4ccc(Br)cc4)o3)cc2)OC1(C)C. The third-order valence-electron chi connectivity index (χ3n) is 5.32. The summed E-state index contributed by atoms with van der Waals surface area (Å²) in [6, 6.07) is 15.9. The van der Waals surface area contributed by atoms with E-state index in [1.165, 1.54) is 0 Å². The van der Waals surface area contributed by atoms with E-state index in [2.05, 4.69) is 48.6 Å². The van der Waals surface area contributed by atoms with Gasteiger partial charge in [-0.25, -0.2) is 4.98 Å². The molecule has 1 aromatic heterocycles. The number of rotatable bonds is 3. The summed E-state index contributed by atoms with van der Waals surface area (Å²) in [5.41, 5.74) is 2.19. The predicted molar refractivity (Wildman–Crippen MR) is 111 cm³/mol. The van der Waals surface area contributed by atoms with Crippen molar-refractivity contribution in [2.75, 3.05) is 0 Å². The lowest BCUT2D eigenvalue weighted by molar-refractivity contribution is 0.00578. The first kappa shape index (κ1) is 18.5. The quantitative estimate of drug-likeness (QED) is 0.549. The molecule has 1 aliphatic rings. The first-order chi connectivity index (χ1) is 12.7. The highest BCUT2D eigenvalue weighted by Gasteiger charge is 2.51. The molecule has 0 saturated carbocycles. The topological polar surface area (TPSA) is 44.5 Å².